The first-order chi connectivity index (χ1) is 12.3. The van der Waals surface area contributed by atoms with Crippen molar-refractivity contribution in [2.45, 2.75) is 13.1 Å². The van der Waals surface area contributed by atoms with Crippen LogP contribution in [0.15, 0.2) is 55.0 Å². The monoisotopic (exact) mass is 362 g/mol. The number of carbonyl (C=O) groups is 1. The average Bonchev–Trinajstić information content (AvgIpc) is 3.28. The summed E-state index contributed by atoms with van der Waals surface area (Å²) in [5, 5.41) is 4.18. The molecule has 1 amide bonds. The maximum Gasteiger partial charge on any atom is 0.416 e. The van der Waals surface area contributed by atoms with Crippen molar-refractivity contribution in [2.24, 2.45) is 0 Å². The molecule has 0 saturated carbocycles. The van der Waals surface area contributed by atoms with Crippen molar-refractivity contribution in [1.82, 2.24) is 19.2 Å². The molecule has 0 atom stereocenters. The van der Waals surface area contributed by atoms with E-state index in [9.17, 15) is 18.0 Å². The van der Waals surface area contributed by atoms with E-state index in [0.29, 0.717) is 17.9 Å². The van der Waals surface area contributed by atoms with Crippen LogP contribution in [0.25, 0.3) is 11.5 Å². The van der Waals surface area contributed by atoms with E-state index in [0.717, 1.165) is 12.1 Å². The second-order valence-corrected chi connectivity index (χ2v) is 5.75. The van der Waals surface area contributed by atoms with Crippen LogP contribution in [-0.2, 0) is 6.18 Å². The van der Waals surface area contributed by atoms with Gasteiger partial charge in [0.2, 0.25) is 0 Å². The average molecular weight is 362 g/mol. The molecule has 2 aromatic heterocycles. The number of halogens is 3. The third kappa shape index (κ3) is 3.22. The van der Waals surface area contributed by atoms with Crippen molar-refractivity contribution in [3.63, 3.8) is 0 Å². The highest BCUT2D eigenvalue weighted by Crippen LogP contribution is 2.31. The zero-order valence-electron chi connectivity index (χ0n) is 14.2. The summed E-state index contributed by atoms with van der Waals surface area (Å²) in [6.45, 7) is 2.34. The first kappa shape index (κ1) is 17.8. The van der Waals surface area contributed by atoms with E-state index in [4.69, 9.17) is 0 Å². The highest BCUT2D eigenvalue weighted by Gasteiger charge is 2.31. The van der Waals surface area contributed by atoms with Crippen LogP contribution in [0.1, 0.15) is 22.8 Å². The molecule has 0 aliphatic carbocycles. The van der Waals surface area contributed by atoms with Gasteiger partial charge in [0, 0.05) is 26.0 Å². The summed E-state index contributed by atoms with van der Waals surface area (Å²) in [6, 6.07) is 8.38. The van der Waals surface area contributed by atoms with Crippen molar-refractivity contribution >= 4 is 5.91 Å². The number of benzene rings is 1. The lowest BCUT2D eigenvalue weighted by atomic mass is 10.2. The predicted molar refractivity (Wildman–Crippen MR) is 90.5 cm³/mol. The largest absolute Gasteiger partial charge is 0.416 e. The molecular weight excluding hydrogens is 345 g/mol. The highest BCUT2D eigenvalue weighted by molar-refractivity contribution is 5.97. The molecule has 8 heteroatoms. The van der Waals surface area contributed by atoms with Crippen LogP contribution < -0.4 is 0 Å². The Balaban J connectivity index is 2.18. The molecule has 0 saturated heterocycles. The van der Waals surface area contributed by atoms with Crippen LogP contribution in [0.5, 0.6) is 0 Å². The van der Waals surface area contributed by atoms with Crippen LogP contribution in [0, 0.1) is 0 Å². The van der Waals surface area contributed by atoms with Gasteiger partial charge in [-0.1, -0.05) is 6.07 Å². The van der Waals surface area contributed by atoms with Crippen molar-refractivity contribution in [1.29, 1.82) is 0 Å². The van der Waals surface area contributed by atoms with Gasteiger partial charge in [-0.15, -0.1) is 0 Å². The van der Waals surface area contributed by atoms with Gasteiger partial charge in [0.25, 0.3) is 5.91 Å². The van der Waals surface area contributed by atoms with Gasteiger partial charge in [-0.3, -0.25) is 4.79 Å². The van der Waals surface area contributed by atoms with E-state index in [1.165, 1.54) is 27.9 Å². The normalized spacial score (nSPS) is 11.6. The number of nitrogens with zero attached hydrogens (tertiary/aromatic N) is 4. The Morgan fingerprint density at radius 2 is 1.88 bits per heavy atom. The maximum atomic E-state index is 13.0. The Labute approximate surface area is 148 Å². The van der Waals surface area contributed by atoms with Crippen LogP contribution >= 0.6 is 0 Å². The van der Waals surface area contributed by atoms with E-state index < -0.39 is 11.7 Å². The molecule has 0 fully saturated rings. The molecule has 0 unspecified atom stereocenters. The van der Waals surface area contributed by atoms with E-state index in [-0.39, 0.29) is 11.6 Å². The summed E-state index contributed by atoms with van der Waals surface area (Å²) in [7, 11) is 1.66. The Hall–Kier alpha value is -3.03. The smallest absolute Gasteiger partial charge is 0.342 e. The molecule has 26 heavy (non-hydrogen) atoms. The van der Waals surface area contributed by atoms with Crippen LogP contribution in [0.2, 0.25) is 0 Å². The third-order valence-corrected chi connectivity index (χ3v) is 4.06. The number of aromatic nitrogens is 3. The van der Waals surface area contributed by atoms with Gasteiger partial charge in [0.1, 0.15) is 5.56 Å². The number of alkyl halides is 3. The minimum Gasteiger partial charge on any atom is -0.342 e. The van der Waals surface area contributed by atoms with Gasteiger partial charge < -0.3 is 9.47 Å². The minimum atomic E-state index is -4.46. The Kier molecular flexibility index (Phi) is 4.58. The molecule has 3 rings (SSSR count). The first-order valence-corrected chi connectivity index (χ1v) is 7.97. The van der Waals surface area contributed by atoms with Gasteiger partial charge >= 0.3 is 6.18 Å². The maximum absolute atomic E-state index is 13.0. The Bertz CT molecular complexity index is 913. The Morgan fingerprint density at radius 1 is 1.19 bits per heavy atom. The van der Waals surface area contributed by atoms with Crippen molar-refractivity contribution in [3.05, 3.63) is 66.1 Å². The molecule has 1 aromatic carbocycles. The van der Waals surface area contributed by atoms with Gasteiger partial charge in [-0.2, -0.15) is 18.3 Å². The molecular formula is C18H17F3N4O. The fourth-order valence-electron chi connectivity index (χ4n) is 2.57. The minimum absolute atomic E-state index is 0.224. The molecule has 0 N–H and O–H groups in total. The summed E-state index contributed by atoms with van der Waals surface area (Å²) in [6.07, 6.45) is 0.343. The van der Waals surface area contributed by atoms with E-state index in [1.807, 2.05) is 6.92 Å². The first-order valence-electron chi connectivity index (χ1n) is 7.97. The number of carbonyl (C=O) groups excluding carboxylic acids is 1. The summed E-state index contributed by atoms with van der Waals surface area (Å²) < 4.78 is 42.1. The highest BCUT2D eigenvalue weighted by atomic mass is 19.4. The van der Waals surface area contributed by atoms with Crippen molar-refractivity contribution in [2.75, 3.05) is 13.6 Å². The number of amides is 1. The molecule has 136 valence electrons. The lowest BCUT2D eigenvalue weighted by molar-refractivity contribution is -0.137. The van der Waals surface area contributed by atoms with Gasteiger partial charge in [-0.25, -0.2) is 4.68 Å². The standard InChI is InChI=1S/C18H17F3N4O/c1-3-23(2)17(26)15-12-22-25(16(15)24-9-4-5-10-24)14-8-6-7-13(11-14)18(19,20)21/h4-12H,3H2,1-2H3. The lowest BCUT2D eigenvalue weighted by Crippen LogP contribution is -2.27. The van der Waals surface area contributed by atoms with Crippen LogP contribution in [-0.4, -0.2) is 38.7 Å². The molecule has 0 spiro atoms. The SMILES string of the molecule is CCN(C)C(=O)c1cnn(-c2cccc(C(F)(F)F)c2)c1-n1cccc1. The third-order valence-electron chi connectivity index (χ3n) is 4.06. The van der Waals surface area contributed by atoms with E-state index >= 15 is 0 Å². The zero-order valence-corrected chi connectivity index (χ0v) is 14.2. The quantitative estimate of drug-likeness (QED) is 0.709. The summed E-state index contributed by atoms with van der Waals surface area (Å²) in [5.74, 6) is 0.133. The summed E-state index contributed by atoms with van der Waals surface area (Å²) >= 11 is 0. The second-order valence-electron chi connectivity index (χ2n) is 5.75. The van der Waals surface area contributed by atoms with E-state index in [1.54, 1.807) is 36.1 Å². The van der Waals surface area contributed by atoms with Crippen molar-refractivity contribution in [3.8, 4) is 11.5 Å². The Morgan fingerprint density at radius 3 is 2.50 bits per heavy atom. The molecule has 0 aliphatic heterocycles. The second kappa shape index (κ2) is 6.70. The van der Waals surface area contributed by atoms with Gasteiger partial charge in [-0.05, 0) is 37.3 Å². The van der Waals surface area contributed by atoms with Crippen LogP contribution in [0.4, 0.5) is 13.2 Å². The molecule has 2 heterocycles. The fourth-order valence-corrected chi connectivity index (χ4v) is 2.57. The number of rotatable bonds is 4. The molecule has 3 aromatic rings. The van der Waals surface area contributed by atoms with Gasteiger partial charge in [0.05, 0.1) is 17.4 Å². The van der Waals surface area contributed by atoms with Crippen LogP contribution in [0.3, 0.4) is 0 Å². The molecule has 0 bridgehead atoms. The number of hydrogen-bond acceptors (Lipinski definition) is 2. The fraction of sp³-hybridized carbons (Fsp3) is 0.222. The molecule has 0 radical (unpaired) electrons. The zero-order chi connectivity index (χ0) is 18.9. The summed E-state index contributed by atoms with van der Waals surface area (Å²) in [4.78, 5) is 14.2. The van der Waals surface area contributed by atoms with E-state index in [2.05, 4.69) is 5.10 Å². The topological polar surface area (TPSA) is 43.1 Å². The number of hydrogen-bond donors (Lipinski definition) is 0. The predicted octanol–water partition coefficient (Wildman–Crippen LogP) is 3.77. The summed E-state index contributed by atoms with van der Waals surface area (Å²) in [5.41, 5.74) is -0.243. The molecule has 0 aliphatic rings. The van der Waals surface area contributed by atoms with Gasteiger partial charge in [0.15, 0.2) is 5.82 Å². The molecule has 5 nitrogen and oxygen atoms in total. The lowest BCUT2D eigenvalue weighted by Gasteiger charge is -2.16. The van der Waals surface area contributed by atoms with Crippen molar-refractivity contribution < 1.29 is 18.0 Å².